The number of hydrogen-bond acceptors (Lipinski definition) is 3. The average molecular weight is 276 g/mol. The monoisotopic (exact) mass is 276 g/mol. The van der Waals surface area contributed by atoms with Gasteiger partial charge in [0, 0.05) is 18.6 Å². The Kier molecular flexibility index (Phi) is 5.86. The first kappa shape index (κ1) is 15.3. The maximum absolute atomic E-state index is 5.22. The first-order valence-electron chi connectivity index (χ1n) is 7.82. The molecule has 3 nitrogen and oxygen atoms in total. The number of benzene rings is 1. The van der Waals surface area contributed by atoms with Gasteiger partial charge in [-0.15, -0.1) is 0 Å². The van der Waals surface area contributed by atoms with Crippen molar-refractivity contribution in [2.45, 2.75) is 51.7 Å². The quantitative estimate of drug-likeness (QED) is 0.915. The van der Waals surface area contributed by atoms with Crippen molar-refractivity contribution in [2.24, 2.45) is 0 Å². The molecule has 0 amide bonds. The van der Waals surface area contributed by atoms with Gasteiger partial charge in [-0.2, -0.15) is 0 Å². The summed E-state index contributed by atoms with van der Waals surface area (Å²) in [7, 11) is 1.71. The Morgan fingerprint density at radius 1 is 1.20 bits per heavy atom. The van der Waals surface area contributed by atoms with Gasteiger partial charge >= 0.3 is 0 Å². The van der Waals surface area contributed by atoms with Crippen LogP contribution in [0, 0.1) is 0 Å². The van der Waals surface area contributed by atoms with Gasteiger partial charge in [-0.3, -0.25) is 4.90 Å². The third kappa shape index (κ3) is 4.50. The molecule has 20 heavy (non-hydrogen) atoms. The minimum Gasteiger partial charge on any atom is -0.497 e. The first-order chi connectivity index (χ1) is 9.71. The summed E-state index contributed by atoms with van der Waals surface area (Å²) in [6.45, 7) is 7.99. The van der Waals surface area contributed by atoms with Crippen molar-refractivity contribution in [1.82, 2.24) is 10.2 Å². The van der Waals surface area contributed by atoms with Crippen LogP contribution in [0.3, 0.4) is 0 Å². The zero-order valence-electron chi connectivity index (χ0n) is 13.1. The molecule has 0 radical (unpaired) electrons. The van der Waals surface area contributed by atoms with Gasteiger partial charge in [-0.05, 0) is 57.0 Å². The van der Waals surface area contributed by atoms with E-state index in [2.05, 4.69) is 48.3 Å². The van der Waals surface area contributed by atoms with Crippen LogP contribution in [0.25, 0.3) is 0 Å². The third-order valence-corrected chi connectivity index (χ3v) is 4.25. The lowest BCUT2D eigenvalue weighted by Gasteiger charge is -2.32. The molecule has 1 saturated heterocycles. The summed E-state index contributed by atoms with van der Waals surface area (Å²) in [6, 6.07) is 9.76. The molecule has 0 aromatic heterocycles. The molecule has 0 spiro atoms. The van der Waals surface area contributed by atoms with Crippen molar-refractivity contribution >= 4 is 0 Å². The highest BCUT2D eigenvalue weighted by atomic mass is 16.5. The van der Waals surface area contributed by atoms with Gasteiger partial charge < -0.3 is 10.1 Å². The molecule has 1 aromatic rings. The molecule has 1 N–H and O–H groups in total. The van der Waals surface area contributed by atoms with Gasteiger partial charge in [0.15, 0.2) is 0 Å². The van der Waals surface area contributed by atoms with Gasteiger partial charge in [0.05, 0.1) is 7.11 Å². The molecule has 1 aliphatic rings. The molecular weight excluding hydrogens is 248 g/mol. The molecule has 0 bridgehead atoms. The predicted molar refractivity (Wildman–Crippen MR) is 84.2 cm³/mol. The van der Waals surface area contributed by atoms with Crippen LogP contribution in [0.2, 0.25) is 0 Å². The smallest absolute Gasteiger partial charge is 0.118 e. The Labute approximate surface area is 123 Å². The molecule has 0 aliphatic carbocycles. The summed E-state index contributed by atoms with van der Waals surface area (Å²) >= 11 is 0. The van der Waals surface area contributed by atoms with Crippen LogP contribution in [0.5, 0.6) is 5.75 Å². The Morgan fingerprint density at radius 3 is 2.55 bits per heavy atom. The second-order valence-corrected chi connectivity index (χ2v) is 5.87. The molecule has 112 valence electrons. The SMILES string of the molecule is CCC1CCN(Cc2ccc(OC)cc2)CCC(C)N1. The van der Waals surface area contributed by atoms with E-state index in [9.17, 15) is 0 Å². The number of hydrogen-bond donors (Lipinski definition) is 1. The van der Waals surface area contributed by atoms with Crippen LogP contribution in [0.15, 0.2) is 24.3 Å². The van der Waals surface area contributed by atoms with Gasteiger partial charge in [-0.1, -0.05) is 19.1 Å². The number of ether oxygens (including phenoxy) is 1. The van der Waals surface area contributed by atoms with E-state index in [0.717, 1.165) is 12.3 Å². The number of nitrogens with one attached hydrogen (secondary N) is 1. The highest BCUT2D eigenvalue weighted by molar-refractivity contribution is 5.27. The summed E-state index contributed by atoms with van der Waals surface area (Å²) in [5.74, 6) is 0.935. The Morgan fingerprint density at radius 2 is 1.90 bits per heavy atom. The topological polar surface area (TPSA) is 24.5 Å². The van der Waals surface area contributed by atoms with Gasteiger partial charge in [-0.25, -0.2) is 0 Å². The molecule has 2 rings (SSSR count). The second kappa shape index (κ2) is 7.65. The summed E-state index contributed by atoms with van der Waals surface area (Å²) in [6.07, 6.45) is 3.70. The molecule has 0 saturated carbocycles. The summed E-state index contributed by atoms with van der Waals surface area (Å²) in [4.78, 5) is 2.59. The van der Waals surface area contributed by atoms with Crippen LogP contribution in [-0.4, -0.2) is 37.2 Å². The van der Waals surface area contributed by atoms with E-state index < -0.39 is 0 Å². The van der Waals surface area contributed by atoms with E-state index in [1.165, 1.54) is 37.9 Å². The lowest BCUT2D eigenvalue weighted by molar-refractivity contribution is 0.206. The summed E-state index contributed by atoms with van der Waals surface area (Å²) in [5, 5.41) is 3.72. The second-order valence-electron chi connectivity index (χ2n) is 5.87. The maximum atomic E-state index is 5.22. The van der Waals surface area contributed by atoms with Crippen molar-refractivity contribution in [3.05, 3.63) is 29.8 Å². The Hall–Kier alpha value is -1.06. The molecular formula is C17H28N2O. The van der Waals surface area contributed by atoms with Gasteiger partial charge in [0.2, 0.25) is 0 Å². The lowest BCUT2D eigenvalue weighted by atomic mass is 10.0. The summed E-state index contributed by atoms with van der Waals surface area (Å²) < 4.78 is 5.22. The molecule has 2 unspecified atom stereocenters. The molecule has 2 atom stereocenters. The minimum atomic E-state index is 0.624. The maximum Gasteiger partial charge on any atom is 0.118 e. The number of nitrogens with zero attached hydrogens (tertiary/aromatic N) is 1. The third-order valence-electron chi connectivity index (χ3n) is 4.25. The fraction of sp³-hybridized carbons (Fsp3) is 0.647. The van der Waals surface area contributed by atoms with Crippen molar-refractivity contribution in [1.29, 1.82) is 0 Å². The summed E-state index contributed by atoms with van der Waals surface area (Å²) in [5.41, 5.74) is 1.38. The highest BCUT2D eigenvalue weighted by Crippen LogP contribution is 2.15. The lowest BCUT2D eigenvalue weighted by Crippen LogP contribution is -2.43. The molecule has 1 heterocycles. The minimum absolute atomic E-state index is 0.624. The molecule has 1 aromatic carbocycles. The fourth-order valence-corrected chi connectivity index (χ4v) is 2.86. The van der Waals surface area contributed by atoms with E-state index in [1.807, 2.05) is 0 Å². The molecule has 3 heteroatoms. The molecule has 1 fully saturated rings. The first-order valence-corrected chi connectivity index (χ1v) is 7.82. The average Bonchev–Trinajstić information content (AvgIpc) is 2.47. The van der Waals surface area contributed by atoms with Crippen molar-refractivity contribution < 1.29 is 4.74 Å². The molecule has 1 aliphatic heterocycles. The van der Waals surface area contributed by atoms with Crippen LogP contribution in [0.1, 0.15) is 38.7 Å². The highest BCUT2D eigenvalue weighted by Gasteiger charge is 2.17. The Balaban J connectivity index is 1.92. The van der Waals surface area contributed by atoms with E-state index in [1.54, 1.807) is 7.11 Å². The normalized spacial score (nSPS) is 24.9. The van der Waals surface area contributed by atoms with Crippen molar-refractivity contribution in [2.75, 3.05) is 20.2 Å². The van der Waals surface area contributed by atoms with Crippen LogP contribution < -0.4 is 10.1 Å². The van der Waals surface area contributed by atoms with E-state index in [0.29, 0.717) is 12.1 Å². The van der Waals surface area contributed by atoms with Crippen molar-refractivity contribution in [3.8, 4) is 5.75 Å². The van der Waals surface area contributed by atoms with Crippen LogP contribution >= 0.6 is 0 Å². The van der Waals surface area contributed by atoms with E-state index in [4.69, 9.17) is 4.74 Å². The number of methoxy groups -OCH3 is 1. The van der Waals surface area contributed by atoms with Gasteiger partial charge in [0.1, 0.15) is 5.75 Å². The van der Waals surface area contributed by atoms with E-state index in [-0.39, 0.29) is 0 Å². The standard InChI is InChI=1S/C17H28N2O/c1-4-16-10-12-19(11-9-14(2)18-16)13-15-5-7-17(20-3)8-6-15/h5-8,14,16,18H,4,9-13H2,1-3H3. The number of rotatable bonds is 4. The van der Waals surface area contributed by atoms with E-state index >= 15 is 0 Å². The van der Waals surface area contributed by atoms with Crippen LogP contribution in [-0.2, 0) is 6.54 Å². The zero-order chi connectivity index (χ0) is 14.4. The predicted octanol–water partition coefficient (Wildman–Crippen LogP) is 3.05. The largest absolute Gasteiger partial charge is 0.497 e. The van der Waals surface area contributed by atoms with Gasteiger partial charge in [0.25, 0.3) is 0 Å². The van der Waals surface area contributed by atoms with Crippen LogP contribution in [0.4, 0.5) is 0 Å². The zero-order valence-corrected chi connectivity index (χ0v) is 13.1. The van der Waals surface area contributed by atoms with Crippen molar-refractivity contribution in [3.63, 3.8) is 0 Å². The fourth-order valence-electron chi connectivity index (χ4n) is 2.86. The Bertz CT molecular complexity index is 390.